The van der Waals surface area contributed by atoms with Gasteiger partial charge in [0.15, 0.2) is 0 Å². The Morgan fingerprint density at radius 3 is 2.83 bits per heavy atom. The summed E-state index contributed by atoms with van der Waals surface area (Å²) in [6.07, 6.45) is 2.37. The molecule has 1 amide bonds. The Bertz CT molecular complexity index is 430. The summed E-state index contributed by atoms with van der Waals surface area (Å²) in [5.74, 6) is 0.293. The summed E-state index contributed by atoms with van der Waals surface area (Å²) in [6, 6.07) is 6.72. The highest BCUT2D eigenvalue weighted by atomic mass is 19.1. The van der Waals surface area contributed by atoms with Crippen LogP contribution in [0, 0.1) is 11.7 Å². The van der Waals surface area contributed by atoms with Gasteiger partial charge < -0.3 is 4.90 Å². The molecule has 0 saturated carbocycles. The molecule has 2 nitrogen and oxygen atoms in total. The summed E-state index contributed by atoms with van der Waals surface area (Å²) >= 11 is 0. The van der Waals surface area contributed by atoms with Gasteiger partial charge in [0.25, 0.3) is 0 Å². The van der Waals surface area contributed by atoms with Gasteiger partial charge in [-0.15, -0.1) is 0 Å². The molecule has 18 heavy (non-hydrogen) atoms. The zero-order valence-corrected chi connectivity index (χ0v) is 11.0. The fourth-order valence-electron chi connectivity index (χ4n) is 2.60. The Hall–Kier alpha value is -1.38. The van der Waals surface area contributed by atoms with Gasteiger partial charge in [-0.3, -0.25) is 4.79 Å². The van der Waals surface area contributed by atoms with E-state index in [2.05, 4.69) is 0 Å². The molecular formula is C15H20FNO. The van der Waals surface area contributed by atoms with E-state index in [1.165, 1.54) is 6.07 Å². The molecule has 0 aliphatic carbocycles. The molecule has 1 unspecified atom stereocenters. The van der Waals surface area contributed by atoms with E-state index in [9.17, 15) is 9.18 Å². The first-order valence-electron chi connectivity index (χ1n) is 6.63. The van der Waals surface area contributed by atoms with Crippen molar-refractivity contribution >= 4 is 5.91 Å². The Morgan fingerprint density at radius 2 is 2.17 bits per heavy atom. The zero-order valence-electron chi connectivity index (χ0n) is 11.0. The van der Waals surface area contributed by atoms with Gasteiger partial charge in [0.2, 0.25) is 5.91 Å². The van der Waals surface area contributed by atoms with Crippen LogP contribution in [-0.2, 0) is 4.79 Å². The van der Waals surface area contributed by atoms with Gasteiger partial charge in [-0.25, -0.2) is 4.39 Å². The van der Waals surface area contributed by atoms with Crippen LogP contribution < -0.4 is 0 Å². The molecule has 0 N–H and O–H groups in total. The van der Waals surface area contributed by atoms with Crippen molar-refractivity contribution in [3.8, 4) is 0 Å². The van der Waals surface area contributed by atoms with E-state index < -0.39 is 0 Å². The average Bonchev–Trinajstić information content (AvgIpc) is 2.77. The van der Waals surface area contributed by atoms with Crippen LogP contribution in [0.1, 0.15) is 44.7 Å². The summed E-state index contributed by atoms with van der Waals surface area (Å²) in [6.45, 7) is 4.82. The van der Waals surface area contributed by atoms with E-state index in [1.807, 2.05) is 24.8 Å². The highest BCUT2D eigenvalue weighted by molar-refractivity contribution is 5.77. The smallest absolute Gasteiger partial charge is 0.223 e. The Morgan fingerprint density at radius 1 is 1.44 bits per heavy atom. The SMILES string of the molecule is CC(C)CC(=O)N1CCCC1c1ccccc1F. The third-order valence-corrected chi connectivity index (χ3v) is 3.42. The fourth-order valence-corrected chi connectivity index (χ4v) is 2.60. The number of carbonyl (C=O) groups excluding carboxylic acids is 1. The highest BCUT2D eigenvalue weighted by Crippen LogP contribution is 2.34. The second-order valence-electron chi connectivity index (χ2n) is 5.36. The summed E-state index contributed by atoms with van der Waals surface area (Å²) in [7, 11) is 0. The minimum Gasteiger partial charge on any atom is -0.336 e. The van der Waals surface area contributed by atoms with Gasteiger partial charge in [-0.1, -0.05) is 32.0 Å². The molecule has 0 bridgehead atoms. The maximum absolute atomic E-state index is 13.8. The predicted molar refractivity (Wildman–Crippen MR) is 69.5 cm³/mol. The van der Waals surface area contributed by atoms with Crippen LogP contribution in [0.15, 0.2) is 24.3 Å². The standard InChI is InChI=1S/C15H20FNO/c1-11(2)10-15(18)17-9-5-8-14(17)12-6-3-4-7-13(12)16/h3-4,6-7,11,14H,5,8-10H2,1-2H3. The molecule has 1 fully saturated rings. The van der Waals surface area contributed by atoms with Crippen molar-refractivity contribution in [1.29, 1.82) is 0 Å². The molecule has 1 atom stereocenters. The number of halogens is 1. The highest BCUT2D eigenvalue weighted by Gasteiger charge is 2.31. The lowest BCUT2D eigenvalue weighted by atomic mass is 10.0. The maximum Gasteiger partial charge on any atom is 0.223 e. The molecule has 1 aromatic carbocycles. The third-order valence-electron chi connectivity index (χ3n) is 3.42. The quantitative estimate of drug-likeness (QED) is 0.802. The van der Waals surface area contributed by atoms with Crippen molar-refractivity contribution in [3.63, 3.8) is 0 Å². The van der Waals surface area contributed by atoms with Crippen molar-refractivity contribution in [2.75, 3.05) is 6.54 Å². The molecule has 0 aromatic heterocycles. The van der Waals surface area contributed by atoms with E-state index >= 15 is 0 Å². The molecule has 3 heteroatoms. The molecule has 0 radical (unpaired) electrons. The first-order chi connectivity index (χ1) is 8.59. The number of benzene rings is 1. The van der Waals surface area contributed by atoms with Crippen LogP contribution in [0.3, 0.4) is 0 Å². The zero-order chi connectivity index (χ0) is 13.1. The lowest BCUT2D eigenvalue weighted by Crippen LogP contribution is -2.31. The largest absolute Gasteiger partial charge is 0.336 e. The Balaban J connectivity index is 2.18. The topological polar surface area (TPSA) is 20.3 Å². The summed E-state index contributed by atoms with van der Waals surface area (Å²) in [4.78, 5) is 14.0. The van der Waals surface area contributed by atoms with Gasteiger partial charge >= 0.3 is 0 Å². The van der Waals surface area contributed by atoms with Crippen LogP contribution in [0.4, 0.5) is 4.39 Å². The fraction of sp³-hybridized carbons (Fsp3) is 0.533. The van der Waals surface area contributed by atoms with E-state index in [1.54, 1.807) is 12.1 Å². The number of carbonyl (C=O) groups is 1. The van der Waals surface area contributed by atoms with Crippen LogP contribution in [-0.4, -0.2) is 17.4 Å². The van der Waals surface area contributed by atoms with Crippen molar-refractivity contribution in [1.82, 2.24) is 4.90 Å². The van der Waals surface area contributed by atoms with Crippen molar-refractivity contribution in [2.45, 2.75) is 39.2 Å². The molecule has 1 heterocycles. The van der Waals surface area contributed by atoms with E-state index in [0.29, 0.717) is 17.9 Å². The maximum atomic E-state index is 13.8. The summed E-state index contributed by atoms with van der Waals surface area (Å²) in [5, 5.41) is 0. The van der Waals surface area contributed by atoms with Crippen molar-refractivity contribution in [2.24, 2.45) is 5.92 Å². The van der Waals surface area contributed by atoms with Crippen LogP contribution in [0.5, 0.6) is 0 Å². The van der Waals surface area contributed by atoms with Crippen LogP contribution in [0.25, 0.3) is 0 Å². The van der Waals surface area contributed by atoms with Crippen molar-refractivity contribution in [3.05, 3.63) is 35.6 Å². The van der Waals surface area contributed by atoms with E-state index in [0.717, 1.165) is 19.4 Å². The molecule has 0 spiro atoms. The normalized spacial score (nSPS) is 19.6. The van der Waals surface area contributed by atoms with E-state index in [-0.39, 0.29) is 17.8 Å². The molecule has 1 aliphatic heterocycles. The number of hydrogen-bond acceptors (Lipinski definition) is 1. The monoisotopic (exact) mass is 249 g/mol. The number of rotatable bonds is 3. The summed E-state index contributed by atoms with van der Waals surface area (Å²) in [5.41, 5.74) is 0.659. The Labute approximate surface area is 108 Å². The van der Waals surface area contributed by atoms with Crippen molar-refractivity contribution < 1.29 is 9.18 Å². The Kier molecular flexibility index (Phi) is 4.00. The van der Waals surface area contributed by atoms with Gasteiger partial charge in [0, 0.05) is 18.5 Å². The molecule has 1 aliphatic rings. The number of hydrogen-bond donors (Lipinski definition) is 0. The number of amides is 1. The van der Waals surface area contributed by atoms with Gasteiger partial charge in [-0.2, -0.15) is 0 Å². The van der Waals surface area contributed by atoms with Crippen LogP contribution >= 0.6 is 0 Å². The van der Waals surface area contributed by atoms with Gasteiger partial charge in [0.05, 0.1) is 6.04 Å². The predicted octanol–water partition coefficient (Wildman–Crippen LogP) is 3.54. The molecule has 98 valence electrons. The van der Waals surface area contributed by atoms with Crippen LogP contribution in [0.2, 0.25) is 0 Å². The lowest BCUT2D eigenvalue weighted by Gasteiger charge is -2.26. The average molecular weight is 249 g/mol. The second kappa shape index (κ2) is 5.51. The van der Waals surface area contributed by atoms with E-state index in [4.69, 9.17) is 0 Å². The first-order valence-corrected chi connectivity index (χ1v) is 6.63. The van der Waals surface area contributed by atoms with Gasteiger partial charge in [-0.05, 0) is 24.8 Å². The number of likely N-dealkylation sites (tertiary alicyclic amines) is 1. The third kappa shape index (κ3) is 2.71. The lowest BCUT2D eigenvalue weighted by molar-refractivity contribution is -0.132. The minimum absolute atomic E-state index is 0.0718. The molecular weight excluding hydrogens is 229 g/mol. The first kappa shape index (κ1) is 13.1. The number of nitrogens with zero attached hydrogens (tertiary/aromatic N) is 1. The minimum atomic E-state index is -0.202. The molecule has 2 rings (SSSR count). The second-order valence-corrected chi connectivity index (χ2v) is 5.36. The molecule has 1 saturated heterocycles. The van der Waals surface area contributed by atoms with Gasteiger partial charge in [0.1, 0.15) is 5.82 Å². The molecule has 1 aromatic rings. The summed E-state index contributed by atoms with van der Waals surface area (Å²) < 4.78 is 13.8.